The SMILES string of the molecule is Clc1cccc(Cl)c1Cn1nccc1CNC1CC1. The lowest BCUT2D eigenvalue weighted by Gasteiger charge is -2.11. The fourth-order valence-electron chi connectivity index (χ4n) is 2.02. The Bertz CT molecular complexity index is 556. The van der Waals surface area contributed by atoms with Gasteiger partial charge in [-0.15, -0.1) is 0 Å². The number of nitrogens with one attached hydrogen (secondary N) is 1. The van der Waals surface area contributed by atoms with E-state index in [2.05, 4.69) is 10.4 Å². The molecule has 1 aromatic carbocycles. The van der Waals surface area contributed by atoms with Crippen LogP contribution in [0.5, 0.6) is 0 Å². The average molecular weight is 296 g/mol. The van der Waals surface area contributed by atoms with Crippen LogP contribution >= 0.6 is 23.2 Å². The van der Waals surface area contributed by atoms with Crippen LogP contribution in [-0.4, -0.2) is 15.8 Å². The molecule has 1 aliphatic rings. The van der Waals surface area contributed by atoms with Crippen LogP contribution in [0.15, 0.2) is 30.5 Å². The van der Waals surface area contributed by atoms with Crippen molar-refractivity contribution in [2.75, 3.05) is 0 Å². The first kappa shape index (κ1) is 13.0. The highest BCUT2D eigenvalue weighted by Crippen LogP contribution is 2.25. The van der Waals surface area contributed by atoms with Gasteiger partial charge in [0.05, 0.1) is 12.2 Å². The molecule has 1 aliphatic carbocycles. The Kier molecular flexibility index (Phi) is 3.78. The largest absolute Gasteiger partial charge is 0.308 e. The van der Waals surface area contributed by atoms with Gasteiger partial charge in [0.2, 0.25) is 0 Å². The third-order valence-electron chi connectivity index (χ3n) is 3.32. The summed E-state index contributed by atoms with van der Waals surface area (Å²) < 4.78 is 1.95. The second-order valence-electron chi connectivity index (χ2n) is 4.84. The molecule has 0 atom stereocenters. The van der Waals surface area contributed by atoms with E-state index >= 15 is 0 Å². The van der Waals surface area contributed by atoms with Crippen molar-refractivity contribution in [3.63, 3.8) is 0 Å². The minimum atomic E-state index is 0.604. The molecule has 1 fully saturated rings. The lowest BCUT2D eigenvalue weighted by Crippen LogP contribution is -2.19. The van der Waals surface area contributed by atoms with Crippen LogP contribution in [0.2, 0.25) is 10.0 Å². The second kappa shape index (κ2) is 5.53. The summed E-state index contributed by atoms with van der Waals surface area (Å²) in [7, 11) is 0. The summed E-state index contributed by atoms with van der Waals surface area (Å²) in [6.07, 6.45) is 4.38. The Morgan fingerprint density at radius 1 is 1.21 bits per heavy atom. The molecule has 1 N–H and O–H groups in total. The molecular weight excluding hydrogens is 281 g/mol. The molecule has 2 aromatic rings. The zero-order valence-electron chi connectivity index (χ0n) is 10.4. The van der Waals surface area contributed by atoms with Crippen molar-refractivity contribution < 1.29 is 0 Å². The van der Waals surface area contributed by atoms with Crippen LogP contribution < -0.4 is 5.32 Å². The van der Waals surface area contributed by atoms with E-state index in [0.29, 0.717) is 22.6 Å². The molecule has 0 amide bonds. The lowest BCUT2D eigenvalue weighted by atomic mass is 10.2. The number of hydrogen-bond donors (Lipinski definition) is 1. The summed E-state index contributed by atoms with van der Waals surface area (Å²) in [5.41, 5.74) is 2.07. The van der Waals surface area contributed by atoms with E-state index in [9.17, 15) is 0 Å². The van der Waals surface area contributed by atoms with Gasteiger partial charge in [-0.25, -0.2) is 0 Å². The first-order valence-electron chi connectivity index (χ1n) is 6.41. The van der Waals surface area contributed by atoms with Gasteiger partial charge in [0.25, 0.3) is 0 Å². The number of hydrogen-bond acceptors (Lipinski definition) is 2. The normalized spacial score (nSPS) is 14.8. The quantitative estimate of drug-likeness (QED) is 0.915. The molecular formula is C14H15Cl2N3. The van der Waals surface area contributed by atoms with Crippen molar-refractivity contribution in [1.29, 1.82) is 0 Å². The van der Waals surface area contributed by atoms with E-state index in [4.69, 9.17) is 23.2 Å². The number of benzene rings is 1. The summed E-state index contributed by atoms with van der Waals surface area (Å²) in [4.78, 5) is 0. The fraction of sp³-hybridized carbons (Fsp3) is 0.357. The van der Waals surface area contributed by atoms with Gasteiger partial charge in [-0.1, -0.05) is 29.3 Å². The van der Waals surface area contributed by atoms with Crippen LogP contribution in [0.25, 0.3) is 0 Å². The molecule has 1 heterocycles. The van der Waals surface area contributed by atoms with Gasteiger partial charge in [0.15, 0.2) is 0 Å². The Balaban J connectivity index is 1.77. The van der Waals surface area contributed by atoms with Gasteiger partial charge >= 0.3 is 0 Å². The van der Waals surface area contributed by atoms with E-state index in [1.165, 1.54) is 12.8 Å². The third-order valence-corrected chi connectivity index (χ3v) is 4.03. The highest BCUT2D eigenvalue weighted by atomic mass is 35.5. The zero-order valence-corrected chi connectivity index (χ0v) is 12.0. The summed E-state index contributed by atoms with van der Waals surface area (Å²) in [5, 5.41) is 9.21. The van der Waals surface area contributed by atoms with Gasteiger partial charge < -0.3 is 5.32 Å². The van der Waals surface area contributed by atoms with Crippen LogP contribution in [0.3, 0.4) is 0 Å². The summed E-state index contributed by atoms with van der Waals surface area (Å²) in [6, 6.07) is 8.28. The molecule has 3 rings (SSSR count). The fourth-order valence-corrected chi connectivity index (χ4v) is 2.54. The maximum absolute atomic E-state index is 6.20. The Morgan fingerprint density at radius 3 is 2.63 bits per heavy atom. The predicted octanol–water partition coefficient (Wildman–Crippen LogP) is 3.49. The van der Waals surface area contributed by atoms with Gasteiger partial charge in [-0.3, -0.25) is 4.68 Å². The number of rotatable bonds is 5. The first-order chi connectivity index (χ1) is 9.24. The van der Waals surface area contributed by atoms with Crippen LogP contribution in [0.4, 0.5) is 0 Å². The molecule has 0 bridgehead atoms. The second-order valence-corrected chi connectivity index (χ2v) is 5.65. The Labute approximate surface area is 122 Å². The number of nitrogens with zero attached hydrogens (tertiary/aromatic N) is 2. The molecule has 0 unspecified atom stereocenters. The molecule has 1 aromatic heterocycles. The third kappa shape index (κ3) is 3.11. The number of halogens is 2. The summed E-state index contributed by atoms with van der Waals surface area (Å²) >= 11 is 12.4. The molecule has 0 radical (unpaired) electrons. The van der Waals surface area contributed by atoms with E-state index in [1.54, 1.807) is 0 Å². The lowest BCUT2D eigenvalue weighted by molar-refractivity contribution is 0.593. The first-order valence-corrected chi connectivity index (χ1v) is 7.16. The maximum Gasteiger partial charge on any atom is 0.0692 e. The van der Waals surface area contributed by atoms with Crippen molar-refractivity contribution >= 4 is 23.2 Å². The van der Waals surface area contributed by atoms with Crippen LogP contribution in [0, 0.1) is 0 Å². The minimum Gasteiger partial charge on any atom is -0.308 e. The monoisotopic (exact) mass is 295 g/mol. The highest BCUT2D eigenvalue weighted by Gasteiger charge is 2.20. The molecule has 0 spiro atoms. The average Bonchev–Trinajstić information content (AvgIpc) is 3.11. The Hall–Kier alpha value is -1.03. The smallest absolute Gasteiger partial charge is 0.0692 e. The minimum absolute atomic E-state index is 0.604. The molecule has 0 aliphatic heterocycles. The van der Waals surface area contributed by atoms with E-state index in [-0.39, 0.29) is 0 Å². The number of aromatic nitrogens is 2. The van der Waals surface area contributed by atoms with Gasteiger partial charge in [0.1, 0.15) is 0 Å². The molecule has 3 nitrogen and oxygen atoms in total. The molecule has 5 heteroatoms. The van der Waals surface area contributed by atoms with Crippen LogP contribution in [-0.2, 0) is 13.1 Å². The van der Waals surface area contributed by atoms with Gasteiger partial charge in [0, 0.05) is 34.4 Å². The van der Waals surface area contributed by atoms with E-state index in [0.717, 1.165) is 17.8 Å². The topological polar surface area (TPSA) is 29.9 Å². The van der Waals surface area contributed by atoms with Crippen molar-refractivity contribution in [3.05, 3.63) is 51.8 Å². The molecule has 1 saturated carbocycles. The van der Waals surface area contributed by atoms with Crippen LogP contribution in [0.1, 0.15) is 24.1 Å². The molecule has 100 valence electrons. The predicted molar refractivity (Wildman–Crippen MR) is 77.7 cm³/mol. The zero-order chi connectivity index (χ0) is 13.2. The standard InChI is InChI=1S/C14H15Cl2N3/c15-13-2-1-3-14(16)12(13)9-19-11(6-7-18-19)8-17-10-4-5-10/h1-3,6-7,10,17H,4-5,8-9H2. The highest BCUT2D eigenvalue weighted by molar-refractivity contribution is 6.35. The van der Waals surface area contributed by atoms with Gasteiger partial charge in [-0.2, -0.15) is 5.10 Å². The Morgan fingerprint density at radius 2 is 1.95 bits per heavy atom. The van der Waals surface area contributed by atoms with Crippen molar-refractivity contribution in [2.45, 2.75) is 32.0 Å². The maximum atomic E-state index is 6.20. The van der Waals surface area contributed by atoms with Crippen molar-refractivity contribution in [2.24, 2.45) is 0 Å². The van der Waals surface area contributed by atoms with Crippen molar-refractivity contribution in [1.82, 2.24) is 15.1 Å². The molecule has 0 saturated heterocycles. The summed E-state index contributed by atoms with van der Waals surface area (Å²) in [6.45, 7) is 1.44. The van der Waals surface area contributed by atoms with E-state index in [1.807, 2.05) is 35.1 Å². The molecule has 19 heavy (non-hydrogen) atoms. The van der Waals surface area contributed by atoms with E-state index < -0.39 is 0 Å². The van der Waals surface area contributed by atoms with Crippen molar-refractivity contribution in [3.8, 4) is 0 Å². The summed E-state index contributed by atoms with van der Waals surface area (Å²) in [5.74, 6) is 0. The van der Waals surface area contributed by atoms with Gasteiger partial charge in [-0.05, 0) is 31.0 Å².